The molecular formula is C22H30N6O. The van der Waals surface area contributed by atoms with Crippen molar-refractivity contribution >= 4 is 11.5 Å². The lowest BCUT2D eigenvalue weighted by Gasteiger charge is -2.26. The summed E-state index contributed by atoms with van der Waals surface area (Å²) in [6, 6.07) is 9.11. The van der Waals surface area contributed by atoms with Crippen molar-refractivity contribution in [1.29, 1.82) is 0 Å². The van der Waals surface area contributed by atoms with Crippen molar-refractivity contribution in [3.63, 3.8) is 0 Å². The van der Waals surface area contributed by atoms with Gasteiger partial charge in [-0.25, -0.2) is 9.50 Å². The van der Waals surface area contributed by atoms with Gasteiger partial charge in [-0.15, -0.1) is 5.10 Å². The van der Waals surface area contributed by atoms with E-state index >= 15 is 0 Å². The van der Waals surface area contributed by atoms with E-state index in [1.807, 2.05) is 6.20 Å². The molecule has 1 aliphatic rings. The van der Waals surface area contributed by atoms with Gasteiger partial charge in [0.25, 0.3) is 0 Å². The second-order valence-corrected chi connectivity index (χ2v) is 7.80. The summed E-state index contributed by atoms with van der Waals surface area (Å²) < 4.78 is 7.42. The van der Waals surface area contributed by atoms with Crippen molar-refractivity contribution in [1.82, 2.24) is 24.5 Å². The van der Waals surface area contributed by atoms with Crippen molar-refractivity contribution in [3.05, 3.63) is 47.3 Å². The van der Waals surface area contributed by atoms with Crippen LogP contribution in [0.25, 0.3) is 5.65 Å². The Balaban J connectivity index is 1.52. The maximum atomic E-state index is 6.08. The number of rotatable bonds is 8. The number of nitrogens with two attached hydrogens (primary N) is 1. The molecule has 1 aliphatic heterocycles. The summed E-state index contributed by atoms with van der Waals surface area (Å²) in [7, 11) is 0. The summed E-state index contributed by atoms with van der Waals surface area (Å²) in [5, 5.41) is 4.51. The summed E-state index contributed by atoms with van der Waals surface area (Å²) in [6.07, 6.45) is 8.56. The SMILES string of the molecule is CCCCOc1nc(N)c2ncc(Cc3cccc(CN4CCCCC4)c3)n2n1. The Morgan fingerprint density at radius 3 is 2.79 bits per heavy atom. The van der Waals surface area contributed by atoms with Crippen LogP contribution in [0.3, 0.4) is 0 Å². The van der Waals surface area contributed by atoms with Crippen LogP contribution in [-0.2, 0) is 13.0 Å². The Hall–Kier alpha value is -2.67. The van der Waals surface area contributed by atoms with Crippen molar-refractivity contribution in [2.75, 3.05) is 25.4 Å². The summed E-state index contributed by atoms with van der Waals surface area (Å²) in [4.78, 5) is 11.2. The predicted molar refractivity (Wildman–Crippen MR) is 114 cm³/mol. The summed E-state index contributed by atoms with van der Waals surface area (Å²) in [5.41, 5.74) is 10.2. The number of piperidine rings is 1. The molecule has 1 aromatic carbocycles. The molecule has 4 rings (SSSR count). The van der Waals surface area contributed by atoms with Gasteiger partial charge >= 0.3 is 6.01 Å². The van der Waals surface area contributed by atoms with Gasteiger partial charge in [-0.3, -0.25) is 4.90 Å². The molecule has 1 saturated heterocycles. The van der Waals surface area contributed by atoms with Gasteiger partial charge in [0.05, 0.1) is 18.5 Å². The molecule has 2 aromatic heterocycles. The fraction of sp³-hybridized carbons (Fsp3) is 0.500. The zero-order chi connectivity index (χ0) is 20.1. The third kappa shape index (κ3) is 4.85. The number of hydrogen-bond donors (Lipinski definition) is 1. The first kappa shape index (κ1) is 19.6. The Kier molecular flexibility index (Phi) is 6.24. The van der Waals surface area contributed by atoms with E-state index in [1.54, 1.807) is 4.52 Å². The van der Waals surface area contributed by atoms with E-state index in [9.17, 15) is 0 Å². The molecule has 0 unspecified atom stereocenters. The number of nitrogen functional groups attached to an aromatic ring is 1. The maximum Gasteiger partial charge on any atom is 0.336 e. The molecule has 7 nitrogen and oxygen atoms in total. The first-order valence-corrected chi connectivity index (χ1v) is 10.7. The van der Waals surface area contributed by atoms with Gasteiger partial charge in [0, 0.05) is 13.0 Å². The number of unbranched alkanes of at least 4 members (excludes halogenated alkanes) is 1. The molecule has 0 atom stereocenters. The number of nitrogens with zero attached hydrogens (tertiary/aromatic N) is 5. The van der Waals surface area contributed by atoms with E-state index in [4.69, 9.17) is 10.5 Å². The van der Waals surface area contributed by atoms with Crippen LogP contribution in [0.4, 0.5) is 5.82 Å². The van der Waals surface area contributed by atoms with Crippen LogP contribution in [0.1, 0.15) is 55.8 Å². The molecule has 0 amide bonds. The maximum absolute atomic E-state index is 6.08. The average molecular weight is 395 g/mol. The Bertz CT molecular complexity index is 948. The largest absolute Gasteiger partial charge is 0.462 e. The molecule has 0 aliphatic carbocycles. The number of ether oxygens (including phenoxy) is 1. The normalized spacial score (nSPS) is 15.1. The number of anilines is 1. The zero-order valence-corrected chi connectivity index (χ0v) is 17.2. The minimum absolute atomic E-state index is 0.307. The molecular weight excluding hydrogens is 364 g/mol. The van der Waals surface area contributed by atoms with Gasteiger partial charge < -0.3 is 10.5 Å². The second-order valence-electron chi connectivity index (χ2n) is 7.80. The Labute approximate surface area is 171 Å². The van der Waals surface area contributed by atoms with Gasteiger partial charge in [-0.2, -0.15) is 4.98 Å². The number of likely N-dealkylation sites (tertiary alicyclic amines) is 1. The molecule has 0 bridgehead atoms. The van der Waals surface area contributed by atoms with Crippen molar-refractivity contribution in [2.45, 2.75) is 52.0 Å². The van der Waals surface area contributed by atoms with Crippen molar-refractivity contribution in [2.24, 2.45) is 0 Å². The van der Waals surface area contributed by atoms with Crippen molar-refractivity contribution < 1.29 is 4.74 Å². The number of imidazole rings is 1. The van der Waals surface area contributed by atoms with Crippen LogP contribution < -0.4 is 10.5 Å². The van der Waals surface area contributed by atoms with Crippen LogP contribution in [0, 0.1) is 0 Å². The third-order valence-electron chi connectivity index (χ3n) is 5.40. The molecule has 0 spiro atoms. The van der Waals surface area contributed by atoms with E-state index in [0.29, 0.717) is 24.1 Å². The zero-order valence-electron chi connectivity index (χ0n) is 17.2. The van der Waals surface area contributed by atoms with Gasteiger partial charge in [0.1, 0.15) is 0 Å². The van der Waals surface area contributed by atoms with Crippen LogP contribution in [0.15, 0.2) is 30.5 Å². The van der Waals surface area contributed by atoms with Gasteiger partial charge in [0.2, 0.25) is 0 Å². The highest BCUT2D eigenvalue weighted by Crippen LogP contribution is 2.19. The van der Waals surface area contributed by atoms with E-state index in [-0.39, 0.29) is 0 Å². The lowest BCUT2D eigenvalue weighted by atomic mass is 10.1. The first-order chi connectivity index (χ1) is 14.2. The number of hydrogen-bond acceptors (Lipinski definition) is 6. The third-order valence-corrected chi connectivity index (χ3v) is 5.40. The lowest BCUT2D eigenvalue weighted by molar-refractivity contribution is 0.221. The highest BCUT2D eigenvalue weighted by Gasteiger charge is 2.14. The van der Waals surface area contributed by atoms with Gasteiger partial charge in [0.15, 0.2) is 11.5 Å². The number of fused-ring (bicyclic) bond motifs is 1. The molecule has 3 aromatic rings. The molecule has 7 heteroatoms. The van der Waals surface area contributed by atoms with Crippen LogP contribution >= 0.6 is 0 Å². The molecule has 1 fully saturated rings. The smallest absolute Gasteiger partial charge is 0.336 e. The van der Waals surface area contributed by atoms with E-state index in [0.717, 1.165) is 31.5 Å². The van der Waals surface area contributed by atoms with Gasteiger partial charge in [-0.1, -0.05) is 44.0 Å². The average Bonchev–Trinajstić information content (AvgIpc) is 3.12. The molecule has 2 N–H and O–H groups in total. The number of aromatic nitrogens is 4. The van der Waals surface area contributed by atoms with Crippen LogP contribution in [0.5, 0.6) is 6.01 Å². The molecule has 154 valence electrons. The highest BCUT2D eigenvalue weighted by molar-refractivity contribution is 5.59. The van der Waals surface area contributed by atoms with E-state index in [1.165, 1.54) is 43.5 Å². The molecule has 3 heterocycles. The van der Waals surface area contributed by atoms with Crippen molar-refractivity contribution in [3.8, 4) is 6.01 Å². The van der Waals surface area contributed by atoms with Crippen LogP contribution in [0.2, 0.25) is 0 Å². The highest BCUT2D eigenvalue weighted by atomic mass is 16.5. The predicted octanol–water partition coefficient (Wildman–Crippen LogP) is 3.46. The topological polar surface area (TPSA) is 81.6 Å². The summed E-state index contributed by atoms with van der Waals surface area (Å²) in [5.74, 6) is 0.344. The molecule has 0 radical (unpaired) electrons. The van der Waals surface area contributed by atoms with Crippen LogP contribution in [-0.4, -0.2) is 44.2 Å². The Morgan fingerprint density at radius 1 is 1.14 bits per heavy atom. The lowest BCUT2D eigenvalue weighted by Crippen LogP contribution is -2.29. The monoisotopic (exact) mass is 394 g/mol. The molecule has 29 heavy (non-hydrogen) atoms. The number of benzene rings is 1. The second kappa shape index (κ2) is 9.22. The minimum Gasteiger partial charge on any atom is -0.462 e. The Morgan fingerprint density at radius 2 is 1.97 bits per heavy atom. The summed E-state index contributed by atoms with van der Waals surface area (Å²) in [6.45, 7) is 6.13. The minimum atomic E-state index is 0.307. The molecule has 0 saturated carbocycles. The van der Waals surface area contributed by atoms with E-state index in [2.05, 4.69) is 51.2 Å². The standard InChI is InChI=1S/C22H30N6O/c1-2-3-12-29-22-25-20(23)21-24-15-19(28(21)26-22)14-17-8-7-9-18(13-17)16-27-10-5-4-6-11-27/h7-9,13,15H,2-6,10-12,14,16H2,1H3,(H2,23,25,26). The fourth-order valence-corrected chi connectivity index (χ4v) is 3.84. The first-order valence-electron chi connectivity index (χ1n) is 10.7. The van der Waals surface area contributed by atoms with E-state index < -0.39 is 0 Å². The van der Waals surface area contributed by atoms with Gasteiger partial charge in [-0.05, 0) is 43.5 Å². The fourth-order valence-electron chi connectivity index (χ4n) is 3.84. The summed E-state index contributed by atoms with van der Waals surface area (Å²) >= 11 is 0. The quantitative estimate of drug-likeness (QED) is 0.589.